The van der Waals surface area contributed by atoms with E-state index >= 15 is 0 Å². The zero-order valence-electron chi connectivity index (χ0n) is 12.8. The van der Waals surface area contributed by atoms with E-state index < -0.39 is 0 Å². The summed E-state index contributed by atoms with van der Waals surface area (Å²) in [5.74, 6) is 1.43. The fourth-order valence-corrected chi connectivity index (χ4v) is 2.27. The first kappa shape index (κ1) is 15.9. The SMILES string of the molecule is CC(C)CNCc1c(Cl)cccc1OCc1cnn(C)c1. The Morgan fingerprint density at radius 2 is 2.19 bits per heavy atom. The number of aromatic nitrogens is 2. The van der Waals surface area contributed by atoms with Crippen molar-refractivity contribution in [3.63, 3.8) is 0 Å². The molecule has 0 atom stereocenters. The van der Waals surface area contributed by atoms with Gasteiger partial charge in [0, 0.05) is 35.9 Å². The minimum atomic E-state index is 0.491. The summed E-state index contributed by atoms with van der Waals surface area (Å²) in [6, 6.07) is 5.76. The monoisotopic (exact) mass is 307 g/mol. The molecular formula is C16H22ClN3O. The Labute approximate surface area is 131 Å². The van der Waals surface area contributed by atoms with Gasteiger partial charge in [0.15, 0.2) is 0 Å². The molecule has 114 valence electrons. The Balaban J connectivity index is 2.02. The van der Waals surface area contributed by atoms with Gasteiger partial charge in [0.1, 0.15) is 12.4 Å². The molecule has 0 saturated carbocycles. The van der Waals surface area contributed by atoms with E-state index in [1.165, 1.54) is 0 Å². The summed E-state index contributed by atoms with van der Waals surface area (Å²) in [4.78, 5) is 0. The Morgan fingerprint density at radius 3 is 2.86 bits per heavy atom. The van der Waals surface area contributed by atoms with Crippen molar-refractivity contribution in [1.82, 2.24) is 15.1 Å². The first-order valence-corrected chi connectivity index (χ1v) is 7.52. The lowest BCUT2D eigenvalue weighted by atomic mass is 10.1. The van der Waals surface area contributed by atoms with Gasteiger partial charge in [-0.05, 0) is 24.6 Å². The number of aryl methyl sites for hydroxylation is 1. The molecule has 21 heavy (non-hydrogen) atoms. The fourth-order valence-electron chi connectivity index (χ4n) is 2.04. The van der Waals surface area contributed by atoms with E-state index in [2.05, 4.69) is 24.3 Å². The third-order valence-electron chi connectivity index (χ3n) is 3.08. The second-order valence-corrected chi connectivity index (χ2v) is 5.96. The summed E-state index contributed by atoms with van der Waals surface area (Å²) in [6.45, 7) is 6.51. The summed E-state index contributed by atoms with van der Waals surface area (Å²) >= 11 is 6.29. The van der Waals surface area contributed by atoms with Gasteiger partial charge in [-0.2, -0.15) is 5.10 Å². The van der Waals surface area contributed by atoms with E-state index in [1.807, 2.05) is 31.4 Å². The molecule has 0 bridgehead atoms. The van der Waals surface area contributed by atoms with Crippen LogP contribution in [0, 0.1) is 5.92 Å². The van der Waals surface area contributed by atoms with Gasteiger partial charge in [-0.25, -0.2) is 0 Å². The molecule has 1 heterocycles. The van der Waals surface area contributed by atoms with Gasteiger partial charge in [0.25, 0.3) is 0 Å². The Hall–Kier alpha value is -1.52. The lowest BCUT2D eigenvalue weighted by Gasteiger charge is -2.14. The van der Waals surface area contributed by atoms with Crippen LogP contribution >= 0.6 is 11.6 Å². The molecule has 0 aliphatic carbocycles. The Kier molecular flexibility index (Phi) is 5.65. The molecule has 1 aromatic heterocycles. The van der Waals surface area contributed by atoms with Gasteiger partial charge in [0.2, 0.25) is 0 Å². The highest BCUT2D eigenvalue weighted by molar-refractivity contribution is 6.31. The van der Waals surface area contributed by atoms with Gasteiger partial charge >= 0.3 is 0 Å². The van der Waals surface area contributed by atoms with Crippen molar-refractivity contribution in [1.29, 1.82) is 0 Å². The maximum Gasteiger partial charge on any atom is 0.125 e. The van der Waals surface area contributed by atoms with Gasteiger partial charge in [-0.15, -0.1) is 0 Å². The molecule has 0 aliphatic rings. The molecule has 1 aromatic carbocycles. The van der Waals surface area contributed by atoms with Crippen LogP contribution in [0.1, 0.15) is 25.0 Å². The lowest BCUT2D eigenvalue weighted by molar-refractivity contribution is 0.302. The van der Waals surface area contributed by atoms with Crippen molar-refractivity contribution in [2.24, 2.45) is 13.0 Å². The predicted octanol–water partition coefficient (Wildman–Crippen LogP) is 3.40. The van der Waals surface area contributed by atoms with Crippen LogP contribution in [-0.4, -0.2) is 16.3 Å². The molecule has 1 N–H and O–H groups in total. The molecule has 0 fully saturated rings. The standard InChI is InChI=1S/C16H22ClN3O/c1-12(2)7-18-9-14-15(17)5-4-6-16(14)21-11-13-8-19-20(3)10-13/h4-6,8,10,12,18H,7,9,11H2,1-3H3. The third-order valence-corrected chi connectivity index (χ3v) is 3.44. The number of halogens is 1. The van der Waals surface area contributed by atoms with Gasteiger partial charge in [-0.1, -0.05) is 31.5 Å². The van der Waals surface area contributed by atoms with Crippen LogP contribution in [0.3, 0.4) is 0 Å². The molecule has 0 radical (unpaired) electrons. The van der Waals surface area contributed by atoms with Crippen LogP contribution in [0.25, 0.3) is 0 Å². The summed E-state index contributed by atoms with van der Waals surface area (Å²) in [5, 5.41) is 8.27. The number of benzene rings is 1. The van der Waals surface area contributed by atoms with Crippen molar-refractivity contribution in [2.45, 2.75) is 27.0 Å². The smallest absolute Gasteiger partial charge is 0.125 e. The van der Waals surface area contributed by atoms with E-state index in [4.69, 9.17) is 16.3 Å². The molecule has 2 rings (SSSR count). The lowest BCUT2D eigenvalue weighted by Crippen LogP contribution is -2.19. The van der Waals surface area contributed by atoms with Gasteiger partial charge in [-0.3, -0.25) is 4.68 Å². The maximum absolute atomic E-state index is 6.29. The van der Waals surface area contributed by atoms with Crippen LogP contribution in [0.4, 0.5) is 0 Å². The van der Waals surface area contributed by atoms with Crippen molar-refractivity contribution in [2.75, 3.05) is 6.54 Å². The minimum Gasteiger partial charge on any atom is -0.488 e. The van der Waals surface area contributed by atoms with Crippen LogP contribution in [-0.2, 0) is 20.2 Å². The average Bonchev–Trinajstić information content (AvgIpc) is 2.84. The molecule has 2 aromatic rings. The minimum absolute atomic E-state index is 0.491. The summed E-state index contributed by atoms with van der Waals surface area (Å²) in [7, 11) is 1.89. The third kappa shape index (κ3) is 4.76. The molecule has 5 heteroatoms. The molecule has 0 aliphatic heterocycles. The molecule has 0 spiro atoms. The summed E-state index contributed by atoms with van der Waals surface area (Å²) in [6.07, 6.45) is 3.75. The van der Waals surface area contributed by atoms with Gasteiger partial charge < -0.3 is 10.1 Å². The van der Waals surface area contributed by atoms with Crippen LogP contribution < -0.4 is 10.1 Å². The van der Waals surface area contributed by atoms with E-state index in [0.29, 0.717) is 19.1 Å². The van der Waals surface area contributed by atoms with Crippen LogP contribution in [0.2, 0.25) is 5.02 Å². The quantitative estimate of drug-likeness (QED) is 0.852. The number of rotatable bonds is 7. The number of nitrogens with zero attached hydrogens (tertiary/aromatic N) is 2. The molecule has 4 nitrogen and oxygen atoms in total. The number of hydrogen-bond acceptors (Lipinski definition) is 3. The number of nitrogens with one attached hydrogen (secondary N) is 1. The average molecular weight is 308 g/mol. The molecule has 0 unspecified atom stereocenters. The highest BCUT2D eigenvalue weighted by Gasteiger charge is 2.09. The van der Waals surface area contributed by atoms with E-state index in [0.717, 1.165) is 28.4 Å². The fraction of sp³-hybridized carbons (Fsp3) is 0.438. The highest BCUT2D eigenvalue weighted by atomic mass is 35.5. The largest absolute Gasteiger partial charge is 0.488 e. The van der Waals surface area contributed by atoms with Crippen molar-refractivity contribution < 1.29 is 4.74 Å². The first-order chi connectivity index (χ1) is 10.1. The zero-order valence-corrected chi connectivity index (χ0v) is 13.5. The van der Waals surface area contributed by atoms with Crippen molar-refractivity contribution in [3.8, 4) is 5.75 Å². The normalized spacial score (nSPS) is 11.1. The first-order valence-electron chi connectivity index (χ1n) is 7.14. The topological polar surface area (TPSA) is 39.1 Å². The van der Waals surface area contributed by atoms with E-state index in [-0.39, 0.29) is 0 Å². The Bertz CT molecular complexity index is 581. The summed E-state index contributed by atoms with van der Waals surface area (Å²) < 4.78 is 7.66. The summed E-state index contributed by atoms with van der Waals surface area (Å²) in [5.41, 5.74) is 2.04. The van der Waals surface area contributed by atoms with Crippen LogP contribution in [0.15, 0.2) is 30.6 Å². The van der Waals surface area contributed by atoms with E-state index in [9.17, 15) is 0 Å². The van der Waals surface area contributed by atoms with Gasteiger partial charge in [0.05, 0.1) is 6.20 Å². The zero-order chi connectivity index (χ0) is 15.2. The molecular weight excluding hydrogens is 286 g/mol. The number of hydrogen-bond donors (Lipinski definition) is 1. The highest BCUT2D eigenvalue weighted by Crippen LogP contribution is 2.27. The van der Waals surface area contributed by atoms with Crippen molar-refractivity contribution >= 4 is 11.6 Å². The second-order valence-electron chi connectivity index (χ2n) is 5.55. The van der Waals surface area contributed by atoms with Crippen LogP contribution in [0.5, 0.6) is 5.75 Å². The Morgan fingerprint density at radius 1 is 1.38 bits per heavy atom. The second kappa shape index (κ2) is 7.48. The van der Waals surface area contributed by atoms with Crippen molar-refractivity contribution in [3.05, 3.63) is 46.7 Å². The van der Waals surface area contributed by atoms with E-state index in [1.54, 1.807) is 10.9 Å². The molecule has 0 saturated heterocycles. The maximum atomic E-state index is 6.29. The predicted molar refractivity (Wildman–Crippen MR) is 85.5 cm³/mol. The number of ether oxygens (including phenoxy) is 1. The molecule has 0 amide bonds.